The van der Waals surface area contributed by atoms with Crippen molar-refractivity contribution in [2.45, 2.75) is 33.4 Å². The predicted octanol–water partition coefficient (Wildman–Crippen LogP) is 1.01. The van der Waals surface area contributed by atoms with Crippen molar-refractivity contribution in [2.75, 3.05) is 6.61 Å². The van der Waals surface area contributed by atoms with Crippen molar-refractivity contribution < 1.29 is 19.1 Å². The summed E-state index contributed by atoms with van der Waals surface area (Å²) >= 11 is 0. The molecule has 0 saturated heterocycles. The Balaban J connectivity index is 2.56. The SMILES string of the molecule is CCOC(=O)c1cnn(CC(=O)OC(C)C)c1. The molecular formula is C11H16N2O4. The van der Waals surface area contributed by atoms with E-state index in [4.69, 9.17) is 9.47 Å². The summed E-state index contributed by atoms with van der Waals surface area (Å²) in [5.41, 5.74) is 0.323. The standard InChI is InChI=1S/C11H16N2O4/c1-4-16-11(15)9-5-12-13(6-9)7-10(14)17-8(2)3/h5-6,8H,4,7H2,1-3H3. The Bertz CT molecular complexity index is 398. The summed E-state index contributed by atoms with van der Waals surface area (Å²) in [6.07, 6.45) is 2.66. The highest BCUT2D eigenvalue weighted by atomic mass is 16.5. The van der Waals surface area contributed by atoms with Crippen molar-refractivity contribution in [3.8, 4) is 0 Å². The zero-order valence-electron chi connectivity index (χ0n) is 10.2. The molecule has 94 valence electrons. The summed E-state index contributed by atoms with van der Waals surface area (Å²) in [7, 11) is 0. The average molecular weight is 240 g/mol. The topological polar surface area (TPSA) is 70.4 Å². The number of ether oxygens (including phenoxy) is 2. The third-order valence-corrected chi connectivity index (χ3v) is 1.80. The van der Waals surface area contributed by atoms with Crippen LogP contribution in [0.1, 0.15) is 31.1 Å². The number of nitrogens with zero attached hydrogens (tertiary/aromatic N) is 2. The van der Waals surface area contributed by atoms with E-state index in [1.165, 1.54) is 17.1 Å². The van der Waals surface area contributed by atoms with Crippen LogP contribution in [0.25, 0.3) is 0 Å². The lowest BCUT2D eigenvalue weighted by Crippen LogP contribution is -2.17. The molecule has 0 radical (unpaired) electrons. The van der Waals surface area contributed by atoms with Gasteiger partial charge in [-0.1, -0.05) is 0 Å². The van der Waals surface area contributed by atoms with E-state index in [-0.39, 0.29) is 12.6 Å². The first kappa shape index (κ1) is 13.2. The third-order valence-electron chi connectivity index (χ3n) is 1.80. The summed E-state index contributed by atoms with van der Waals surface area (Å²) in [5, 5.41) is 3.88. The van der Waals surface area contributed by atoms with Crippen LogP contribution in [0, 0.1) is 0 Å². The highest BCUT2D eigenvalue weighted by Gasteiger charge is 2.12. The monoisotopic (exact) mass is 240 g/mol. The van der Waals surface area contributed by atoms with Crippen molar-refractivity contribution in [1.82, 2.24) is 9.78 Å². The molecule has 0 bridgehead atoms. The van der Waals surface area contributed by atoms with Crippen molar-refractivity contribution in [1.29, 1.82) is 0 Å². The Morgan fingerprint density at radius 3 is 2.76 bits per heavy atom. The van der Waals surface area contributed by atoms with Crippen LogP contribution in [-0.2, 0) is 20.8 Å². The van der Waals surface area contributed by atoms with E-state index in [0.717, 1.165) is 0 Å². The van der Waals surface area contributed by atoms with Gasteiger partial charge < -0.3 is 9.47 Å². The Kier molecular flexibility index (Phi) is 4.68. The molecule has 1 aromatic rings. The molecule has 0 saturated carbocycles. The van der Waals surface area contributed by atoms with Crippen LogP contribution >= 0.6 is 0 Å². The number of hydrogen-bond donors (Lipinski definition) is 0. The lowest BCUT2D eigenvalue weighted by Gasteiger charge is -2.07. The molecule has 0 atom stereocenters. The van der Waals surface area contributed by atoms with Crippen molar-refractivity contribution in [3.63, 3.8) is 0 Å². The number of carbonyl (C=O) groups excluding carboxylic acids is 2. The maximum Gasteiger partial charge on any atom is 0.341 e. The smallest absolute Gasteiger partial charge is 0.341 e. The fourth-order valence-corrected chi connectivity index (χ4v) is 1.20. The Labute approximate surface area is 99.5 Å². The highest BCUT2D eigenvalue weighted by molar-refractivity contribution is 5.88. The molecule has 0 aliphatic rings. The van der Waals surface area contributed by atoms with Crippen LogP contribution in [0.15, 0.2) is 12.4 Å². The second-order valence-electron chi connectivity index (χ2n) is 3.69. The van der Waals surface area contributed by atoms with Gasteiger partial charge in [-0.3, -0.25) is 9.48 Å². The molecule has 0 unspecified atom stereocenters. The molecule has 6 nitrogen and oxygen atoms in total. The van der Waals surface area contributed by atoms with Crippen molar-refractivity contribution >= 4 is 11.9 Å². The van der Waals surface area contributed by atoms with E-state index in [1.54, 1.807) is 20.8 Å². The molecule has 0 fully saturated rings. The van der Waals surface area contributed by atoms with E-state index < -0.39 is 11.9 Å². The first-order valence-electron chi connectivity index (χ1n) is 5.42. The molecule has 6 heteroatoms. The number of carbonyl (C=O) groups is 2. The van der Waals surface area contributed by atoms with Gasteiger partial charge in [0.15, 0.2) is 0 Å². The molecule has 0 spiro atoms. The normalized spacial score (nSPS) is 10.4. The second-order valence-corrected chi connectivity index (χ2v) is 3.69. The summed E-state index contributed by atoms with van der Waals surface area (Å²) in [4.78, 5) is 22.7. The minimum Gasteiger partial charge on any atom is -0.462 e. The first-order valence-corrected chi connectivity index (χ1v) is 5.42. The lowest BCUT2D eigenvalue weighted by molar-refractivity contribution is -0.148. The van der Waals surface area contributed by atoms with E-state index in [9.17, 15) is 9.59 Å². The Morgan fingerprint density at radius 2 is 2.18 bits per heavy atom. The fraction of sp³-hybridized carbons (Fsp3) is 0.545. The van der Waals surface area contributed by atoms with Gasteiger partial charge in [0.05, 0.1) is 24.5 Å². The maximum atomic E-state index is 11.3. The van der Waals surface area contributed by atoms with Crippen LogP contribution in [0.2, 0.25) is 0 Å². The molecular weight excluding hydrogens is 224 g/mol. The van der Waals surface area contributed by atoms with Crippen LogP contribution in [0.3, 0.4) is 0 Å². The van der Waals surface area contributed by atoms with Crippen LogP contribution < -0.4 is 0 Å². The lowest BCUT2D eigenvalue weighted by atomic mass is 10.4. The molecule has 0 N–H and O–H groups in total. The number of hydrogen-bond acceptors (Lipinski definition) is 5. The summed E-state index contributed by atoms with van der Waals surface area (Å²) < 4.78 is 11.1. The van der Waals surface area contributed by atoms with E-state index in [0.29, 0.717) is 12.2 Å². The first-order chi connectivity index (χ1) is 8.02. The molecule has 0 aliphatic carbocycles. The third kappa shape index (κ3) is 4.26. The van der Waals surface area contributed by atoms with Gasteiger partial charge in [-0.2, -0.15) is 5.10 Å². The van der Waals surface area contributed by atoms with Gasteiger partial charge in [0, 0.05) is 6.20 Å². The van der Waals surface area contributed by atoms with E-state index in [2.05, 4.69) is 5.10 Å². The summed E-state index contributed by atoms with van der Waals surface area (Å²) in [6, 6.07) is 0. The molecule has 0 amide bonds. The molecule has 17 heavy (non-hydrogen) atoms. The van der Waals surface area contributed by atoms with Gasteiger partial charge in [0.2, 0.25) is 0 Å². The molecule has 1 heterocycles. The molecule has 1 rings (SSSR count). The van der Waals surface area contributed by atoms with Gasteiger partial charge in [0.25, 0.3) is 0 Å². The molecule has 0 aliphatic heterocycles. The molecule has 0 aromatic carbocycles. The summed E-state index contributed by atoms with van der Waals surface area (Å²) in [5.74, 6) is -0.838. The van der Waals surface area contributed by atoms with Crippen LogP contribution in [0.5, 0.6) is 0 Å². The largest absolute Gasteiger partial charge is 0.462 e. The maximum absolute atomic E-state index is 11.3. The van der Waals surface area contributed by atoms with Gasteiger partial charge in [-0.25, -0.2) is 4.79 Å². The van der Waals surface area contributed by atoms with E-state index >= 15 is 0 Å². The number of esters is 2. The number of rotatable bonds is 5. The van der Waals surface area contributed by atoms with Crippen LogP contribution in [0.4, 0.5) is 0 Å². The van der Waals surface area contributed by atoms with Crippen LogP contribution in [-0.4, -0.2) is 34.4 Å². The fourth-order valence-electron chi connectivity index (χ4n) is 1.20. The minimum absolute atomic E-state index is 0.0163. The van der Waals surface area contributed by atoms with Gasteiger partial charge >= 0.3 is 11.9 Å². The Morgan fingerprint density at radius 1 is 1.47 bits per heavy atom. The van der Waals surface area contributed by atoms with Gasteiger partial charge in [-0.05, 0) is 20.8 Å². The average Bonchev–Trinajstić information content (AvgIpc) is 2.65. The quantitative estimate of drug-likeness (QED) is 0.718. The van der Waals surface area contributed by atoms with E-state index in [1.807, 2.05) is 0 Å². The molecule has 1 aromatic heterocycles. The second kappa shape index (κ2) is 6.03. The number of aromatic nitrogens is 2. The van der Waals surface area contributed by atoms with Crippen molar-refractivity contribution in [3.05, 3.63) is 18.0 Å². The van der Waals surface area contributed by atoms with Gasteiger partial charge in [0.1, 0.15) is 6.54 Å². The predicted molar refractivity (Wildman–Crippen MR) is 59.4 cm³/mol. The van der Waals surface area contributed by atoms with Crippen molar-refractivity contribution in [2.24, 2.45) is 0 Å². The van der Waals surface area contributed by atoms with Gasteiger partial charge in [-0.15, -0.1) is 0 Å². The Hall–Kier alpha value is -1.85. The zero-order valence-corrected chi connectivity index (χ0v) is 10.2. The highest BCUT2D eigenvalue weighted by Crippen LogP contribution is 2.01. The minimum atomic E-state index is -0.448. The zero-order chi connectivity index (χ0) is 12.8. The summed E-state index contributed by atoms with van der Waals surface area (Å²) in [6.45, 7) is 5.55.